The Labute approximate surface area is 163 Å². The van der Waals surface area contributed by atoms with E-state index in [9.17, 15) is 5.11 Å². The van der Waals surface area contributed by atoms with Crippen molar-refractivity contribution >= 4 is 0 Å². The first-order valence-electron chi connectivity index (χ1n) is 10.3. The summed E-state index contributed by atoms with van der Waals surface area (Å²) in [5, 5.41) is 12.3. The molecule has 0 unspecified atom stereocenters. The van der Waals surface area contributed by atoms with Crippen LogP contribution in [0.2, 0.25) is 0 Å². The van der Waals surface area contributed by atoms with Crippen LogP contribution in [0.3, 0.4) is 0 Å². The first-order valence-corrected chi connectivity index (χ1v) is 10.3. The zero-order valence-corrected chi connectivity index (χ0v) is 17.0. The minimum absolute atomic E-state index is 0.0408. The Balaban J connectivity index is 1.72. The van der Waals surface area contributed by atoms with Gasteiger partial charge in [-0.1, -0.05) is 48.9 Å². The van der Waals surface area contributed by atoms with Crippen molar-refractivity contribution in [3.05, 3.63) is 65.2 Å². The maximum absolute atomic E-state index is 9.98. The number of phenolic OH excluding ortho intramolecular Hbond substituents is 1. The van der Waals surface area contributed by atoms with Crippen LogP contribution in [0.15, 0.2) is 48.5 Å². The van der Waals surface area contributed by atoms with E-state index >= 15 is 0 Å². The van der Waals surface area contributed by atoms with Crippen LogP contribution < -0.4 is 5.32 Å². The molecule has 3 heteroatoms. The second-order valence-electron chi connectivity index (χ2n) is 8.39. The lowest BCUT2D eigenvalue weighted by Crippen LogP contribution is -2.83. The summed E-state index contributed by atoms with van der Waals surface area (Å²) in [6.45, 7) is 9.34. The van der Waals surface area contributed by atoms with E-state index in [0.717, 1.165) is 50.9 Å². The summed E-state index contributed by atoms with van der Waals surface area (Å²) in [5.74, 6) is 0.395. The zero-order valence-electron chi connectivity index (χ0n) is 17.0. The van der Waals surface area contributed by atoms with E-state index in [2.05, 4.69) is 50.4 Å². The molecule has 2 aromatic rings. The number of rotatable bonds is 7. The van der Waals surface area contributed by atoms with Crippen LogP contribution in [-0.2, 0) is 16.7 Å². The molecule has 0 saturated carbocycles. The number of aromatic hydroxyl groups is 1. The first-order chi connectivity index (χ1) is 13.0. The average molecular weight is 369 g/mol. The molecule has 0 aliphatic carbocycles. The molecular weight excluding hydrogens is 334 g/mol. The number of benzene rings is 2. The molecule has 2 aromatic carbocycles. The summed E-state index contributed by atoms with van der Waals surface area (Å²) >= 11 is 0. The van der Waals surface area contributed by atoms with E-state index in [4.69, 9.17) is 4.74 Å². The van der Waals surface area contributed by atoms with Gasteiger partial charge >= 0.3 is 0 Å². The van der Waals surface area contributed by atoms with Gasteiger partial charge in [0.15, 0.2) is 0 Å². The number of quaternary nitrogens is 1. The molecule has 3 N–H and O–H groups in total. The summed E-state index contributed by atoms with van der Waals surface area (Å²) < 4.78 is 6.16. The molecule has 1 aliphatic rings. The minimum atomic E-state index is -0.0408. The van der Waals surface area contributed by atoms with Crippen LogP contribution >= 0.6 is 0 Å². The van der Waals surface area contributed by atoms with Gasteiger partial charge in [0.05, 0.1) is 12.1 Å². The molecule has 27 heavy (non-hydrogen) atoms. The molecule has 1 aliphatic heterocycles. The third-order valence-corrected chi connectivity index (χ3v) is 6.34. The van der Waals surface area contributed by atoms with E-state index in [1.54, 1.807) is 6.07 Å². The molecule has 3 rings (SSSR count). The lowest BCUT2D eigenvalue weighted by Gasteiger charge is -2.46. The van der Waals surface area contributed by atoms with E-state index < -0.39 is 0 Å². The normalized spacial score (nSPS) is 25.4. The molecule has 1 heterocycles. The van der Waals surface area contributed by atoms with Crippen LogP contribution in [0.25, 0.3) is 0 Å². The van der Waals surface area contributed by atoms with Gasteiger partial charge in [0, 0.05) is 24.0 Å². The fourth-order valence-electron chi connectivity index (χ4n) is 4.41. The molecule has 3 nitrogen and oxygen atoms in total. The van der Waals surface area contributed by atoms with E-state index in [0.29, 0.717) is 5.75 Å². The Morgan fingerprint density at radius 2 is 1.85 bits per heavy atom. The van der Waals surface area contributed by atoms with Crippen molar-refractivity contribution in [2.75, 3.05) is 13.2 Å². The van der Waals surface area contributed by atoms with Crippen molar-refractivity contribution in [2.24, 2.45) is 0 Å². The Hall–Kier alpha value is -1.84. The maximum atomic E-state index is 9.98. The van der Waals surface area contributed by atoms with Crippen LogP contribution in [-0.4, -0.2) is 23.9 Å². The molecule has 0 bridgehead atoms. The van der Waals surface area contributed by atoms with Crippen molar-refractivity contribution in [2.45, 2.75) is 64.0 Å². The largest absolute Gasteiger partial charge is 0.507 e. The first kappa shape index (κ1) is 19.9. The van der Waals surface area contributed by atoms with Gasteiger partial charge in [-0.2, -0.15) is 0 Å². The van der Waals surface area contributed by atoms with Crippen molar-refractivity contribution in [1.29, 1.82) is 0 Å². The highest BCUT2D eigenvalue weighted by molar-refractivity contribution is 5.31. The topological polar surface area (TPSA) is 46.1 Å². The summed E-state index contributed by atoms with van der Waals surface area (Å²) in [6.07, 6.45) is 4.32. The van der Waals surface area contributed by atoms with E-state index in [1.807, 2.05) is 18.2 Å². The molecule has 0 radical (unpaired) electrons. The fourth-order valence-corrected chi connectivity index (χ4v) is 4.41. The number of phenols is 1. The fraction of sp³-hybridized carbons (Fsp3) is 0.500. The Morgan fingerprint density at radius 3 is 2.56 bits per heavy atom. The summed E-state index contributed by atoms with van der Waals surface area (Å²) in [7, 11) is 0. The smallest absolute Gasteiger partial charge is 0.124 e. The van der Waals surface area contributed by atoms with Crippen LogP contribution in [0, 0.1) is 6.92 Å². The third kappa shape index (κ3) is 4.72. The predicted molar refractivity (Wildman–Crippen MR) is 110 cm³/mol. The van der Waals surface area contributed by atoms with Crippen molar-refractivity contribution in [3.8, 4) is 5.75 Å². The van der Waals surface area contributed by atoms with Crippen molar-refractivity contribution in [3.63, 3.8) is 0 Å². The van der Waals surface area contributed by atoms with Crippen LogP contribution in [0.4, 0.5) is 0 Å². The van der Waals surface area contributed by atoms with Gasteiger partial charge < -0.3 is 15.2 Å². The van der Waals surface area contributed by atoms with Gasteiger partial charge in [-0.3, -0.25) is 0 Å². The van der Waals surface area contributed by atoms with Gasteiger partial charge in [-0.05, 0) is 50.8 Å². The number of hydrogen-bond donors (Lipinski definition) is 2. The number of aryl methyl sites for hydroxylation is 1. The highest BCUT2D eigenvalue weighted by atomic mass is 16.5. The highest BCUT2D eigenvalue weighted by Crippen LogP contribution is 2.45. The van der Waals surface area contributed by atoms with Gasteiger partial charge in [0.2, 0.25) is 0 Å². The molecule has 0 aromatic heterocycles. The predicted octanol–water partition coefficient (Wildman–Crippen LogP) is 4.07. The van der Waals surface area contributed by atoms with Gasteiger partial charge in [-0.25, -0.2) is 0 Å². The van der Waals surface area contributed by atoms with Crippen molar-refractivity contribution in [1.82, 2.24) is 0 Å². The monoisotopic (exact) mass is 368 g/mol. The van der Waals surface area contributed by atoms with E-state index in [1.165, 1.54) is 11.1 Å². The summed E-state index contributed by atoms with van der Waals surface area (Å²) in [6, 6.07) is 16.7. The summed E-state index contributed by atoms with van der Waals surface area (Å²) in [5.41, 5.74) is 3.90. The SMILES string of the molecule is CC[C@@]1(C)C[C@@](CC[NH2+]Cc2ccccc2O)(c2ccc(C)cc2)CCO1. The van der Waals surface area contributed by atoms with Gasteiger partial charge in [0.1, 0.15) is 12.3 Å². The minimum Gasteiger partial charge on any atom is -0.507 e. The van der Waals surface area contributed by atoms with Gasteiger partial charge in [0.25, 0.3) is 0 Å². The molecular formula is C24H34NO2+. The van der Waals surface area contributed by atoms with Crippen LogP contribution in [0.1, 0.15) is 56.2 Å². The lowest BCUT2D eigenvalue weighted by molar-refractivity contribution is -0.672. The Morgan fingerprint density at radius 1 is 1.11 bits per heavy atom. The maximum Gasteiger partial charge on any atom is 0.124 e. The Bertz CT molecular complexity index is 742. The number of ether oxygens (including phenoxy) is 1. The Kier molecular flexibility index (Phi) is 6.23. The lowest BCUT2D eigenvalue weighted by atomic mass is 9.66. The van der Waals surface area contributed by atoms with Crippen molar-refractivity contribution < 1.29 is 15.2 Å². The molecule has 0 amide bonds. The van der Waals surface area contributed by atoms with Gasteiger partial charge in [-0.15, -0.1) is 0 Å². The quantitative estimate of drug-likeness (QED) is 0.724. The molecule has 1 saturated heterocycles. The second-order valence-corrected chi connectivity index (χ2v) is 8.39. The molecule has 0 spiro atoms. The third-order valence-electron chi connectivity index (χ3n) is 6.34. The van der Waals surface area contributed by atoms with Crippen LogP contribution in [0.5, 0.6) is 5.75 Å². The highest BCUT2D eigenvalue weighted by Gasteiger charge is 2.43. The molecule has 2 atom stereocenters. The number of nitrogens with two attached hydrogens (primary N) is 1. The average Bonchev–Trinajstić information content (AvgIpc) is 2.67. The standard InChI is InChI=1S/C24H33NO2/c1-4-23(3)18-24(14-16-27-23,21-11-9-19(2)10-12-21)13-15-25-17-20-7-5-6-8-22(20)26/h5-12,25-26H,4,13-18H2,1-3H3/p+1/t23-,24-/m0/s1. The number of hydrogen-bond acceptors (Lipinski definition) is 2. The molecule has 146 valence electrons. The zero-order chi connectivity index (χ0) is 19.3. The van der Waals surface area contributed by atoms with E-state index in [-0.39, 0.29) is 11.0 Å². The molecule has 1 fully saturated rings. The number of para-hydroxylation sites is 1. The second kappa shape index (κ2) is 8.45. The summed E-state index contributed by atoms with van der Waals surface area (Å²) in [4.78, 5) is 0.